The van der Waals surface area contributed by atoms with Crippen molar-refractivity contribution in [3.8, 4) is 17.0 Å². The molecule has 1 aromatic carbocycles. The third kappa shape index (κ3) is 4.03. The molecule has 7 nitrogen and oxygen atoms in total. The number of halogens is 2. The normalized spacial score (nSPS) is 20.0. The maximum atomic E-state index is 14.3. The van der Waals surface area contributed by atoms with Crippen LogP contribution in [0, 0.1) is 5.82 Å². The van der Waals surface area contributed by atoms with Gasteiger partial charge >= 0.3 is 0 Å². The van der Waals surface area contributed by atoms with Gasteiger partial charge in [0.25, 0.3) is 0 Å². The molecule has 0 radical (unpaired) electrons. The highest BCUT2D eigenvalue weighted by atomic mass is 19.1. The Morgan fingerprint density at radius 2 is 2.10 bits per heavy atom. The molecule has 1 saturated carbocycles. The quantitative estimate of drug-likeness (QED) is 0.602. The van der Waals surface area contributed by atoms with Gasteiger partial charge in [-0.3, -0.25) is 9.78 Å². The first-order valence-corrected chi connectivity index (χ1v) is 9.72. The molecule has 0 bridgehead atoms. The van der Waals surface area contributed by atoms with Gasteiger partial charge in [0.1, 0.15) is 12.0 Å². The zero-order chi connectivity index (χ0) is 22.0. The Morgan fingerprint density at radius 1 is 1.29 bits per heavy atom. The van der Waals surface area contributed by atoms with Crippen molar-refractivity contribution in [2.24, 2.45) is 5.73 Å². The molecule has 1 aliphatic rings. The van der Waals surface area contributed by atoms with Crippen LogP contribution < -0.4 is 15.8 Å². The van der Waals surface area contributed by atoms with Crippen molar-refractivity contribution < 1.29 is 18.3 Å². The molecular weight excluding hydrogens is 404 g/mol. The van der Waals surface area contributed by atoms with Crippen molar-refractivity contribution >= 4 is 11.9 Å². The number of primary amides is 1. The molecule has 2 heterocycles. The van der Waals surface area contributed by atoms with E-state index in [2.05, 4.69) is 20.3 Å². The van der Waals surface area contributed by atoms with Crippen LogP contribution in [-0.2, 0) is 5.41 Å². The van der Waals surface area contributed by atoms with E-state index in [1.807, 2.05) is 0 Å². The summed E-state index contributed by atoms with van der Waals surface area (Å²) in [6.07, 6.45) is 2.39. The summed E-state index contributed by atoms with van der Waals surface area (Å²) >= 11 is 0. The molecule has 0 atom stereocenters. The van der Waals surface area contributed by atoms with E-state index in [1.165, 1.54) is 25.4 Å². The number of alkyl halides is 1. The van der Waals surface area contributed by atoms with Crippen LogP contribution in [0.2, 0.25) is 0 Å². The summed E-state index contributed by atoms with van der Waals surface area (Å²) in [5.74, 6) is -0.461. The van der Waals surface area contributed by atoms with Gasteiger partial charge in [0.05, 0.1) is 18.4 Å². The molecule has 0 aliphatic heterocycles. The number of aromatic nitrogens is 3. The average Bonchev–Trinajstić information content (AvgIpc) is 2.76. The molecule has 3 aromatic rings. The smallest absolute Gasteiger partial charge is 0.248 e. The number of methoxy groups -OCH3 is 1. The van der Waals surface area contributed by atoms with Crippen molar-refractivity contribution in [2.45, 2.75) is 24.4 Å². The lowest BCUT2D eigenvalue weighted by atomic mass is 9.65. The largest absolute Gasteiger partial charge is 0.480 e. The Bertz CT molecular complexity index is 1120. The highest BCUT2D eigenvalue weighted by Gasteiger charge is 2.48. The minimum atomic E-state index is -1.00. The molecule has 31 heavy (non-hydrogen) atoms. The lowest BCUT2D eigenvalue weighted by molar-refractivity contribution is 0.0963. The number of pyridine rings is 1. The second-order valence-corrected chi connectivity index (χ2v) is 7.53. The van der Waals surface area contributed by atoms with Crippen LogP contribution in [0.4, 0.5) is 14.7 Å². The second-order valence-electron chi connectivity index (χ2n) is 7.53. The summed E-state index contributed by atoms with van der Waals surface area (Å²) in [5, 5.41) is 3.07. The number of carbonyl (C=O) groups is 1. The zero-order valence-electron chi connectivity index (χ0n) is 16.8. The van der Waals surface area contributed by atoms with E-state index < -0.39 is 23.3 Å². The molecule has 0 unspecified atom stereocenters. The molecule has 4 rings (SSSR count). The molecule has 2 aromatic heterocycles. The van der Waals surface area contributed by atoms with Crippen molar-refractivity contribution in [1.82, 2.24) is 15.0 Å². The van der Waals surface area contributed by atoms with Gasteiger partial charge in [-0.25, -0.2) is 13.8 Å². The third-order valence-corrected chi connectivity index (χ3v) is 5.48. The van der Waals surface area contributed by atoms with Crippen LogP contribution >= 0.6 is 0 Å². The Balaban J connectivity index is 1.58. The van der Waals surface area contributed by atoms with Gasteiger partial charge in [-0.1, -0.05) is 12.1 Å². The SMILES string of the molecule is COc1nc(NC[C@]2(c3ncccc3F)C[C@H](F)C2)ncc1-c1cccc(C(N)=O)c1. The topological polar surface area (TPSA) is 103 Å². The summed E-state index contributed by atoms with van der Waals surface area (Å²) in [6, 6.07) is 9.56. The van der Waals surface area contributed by atoms with E-state index >= 15 is 0 Å². The number of anilines is 1. The lowest BCUT2D eigenvalue weighted by Gasteiger charge is -2.43. The first kappa shape index (κ1) is 20.6. The number of nitrogens with zero attached hydrogens (tertiary/aromatic N) is 3. The molecule has 3 N–H and O–H groups in total. The van der Waals surface area contributed by atoms with E-state index in [-0.39, 0.29) is 36.9 Å². The summed E-state index contributed by atoms with van der Waals surface area (Å²) in [5.41, 5.74) is 6.43. The maximum absolute atomic E-state index is 14.3. The molecule has 0 spiro atoms. The summed E-state index contributed by atoms with van der Waals surface area (Å²) in [4.78, 5) is 24.3. The van der Waals surface area contributed by atoms with E-state index in [9.17, 15) is 13.6 Å². The van der Waals surface area contributed by atoms with Crippen molar-refractivity contribution in [3.63, 3.8) is 0 Å². The Labute approximate surface area is 177 Å². The Kier molecular flexibility index (Phi) is 5.50. The Morgan fingerprint density at radius 3 is 2.77 bits per heavy atom. The molecular formula is C22H21F2N5O2. The molecule has 1 amide bonds. The molecule has 1 fully saturated rings. The highest BCUT2D eigenvalue weighted by molar-refractivity contribution is 5.94. The number of nitrogens with two attached hydrogens (primary N) is 1. The zero-order valence-corrected chi connectivity index (χ0v) is 16.8. The second kappa shape index (κ2) is 8.25. The van der Waals surface area contributed by atoms with E-state index in [1.54, 1.807) is 30.5 Å². The predicted octanol–water partition coefficient (Wildman–Crippen LogP) is 3.27. The fourth-order valence-corrected chi connectivity index (χ4v) is 3.88. The number of hydrogen-bond donors (Lipinski definition) is 2. The van der Waals surface area contributed by atoms with Crippen LogP contribution in [0.1, 0.15) is 28.9 Å². The third-order valence-electron chi connectivity index (χ3n) is 5.48. The van der Waals surface area contributed by atoms with Gasteiger partial charge < -0.3 is 15.8 Å². The Hall–Kier alpha value is -3.62. The van der Waals surface area contributed by atoms with Crippen LogP contribution in [0.25, 0.3) is 11.1 Å². The average molecular weight is 425 g/mol. The van der Waals surface area contributed by atoms with Gasteiger partial charge in [0.15, 0.2) is 0 Å². The number of hydrogen-bond acceptors (Lipinski definition) is 6. The predicted molar refractivity (Wildman–Crippen MR) is 111 cm³/mol. The van der Waals surface area contributed by atoms with Gasteiger partial charge in [-0.2, -0.15) is 4.98 Å². The number of amides is 1. The first-order valence-electron chi connectivity index (χ1n) is 9.72. The first-order chi connectivity index (χ1) is 14.9. The van der Waals surface area contributed by atoms with E-state index in [4.69, 9.17) is 10.5 Å². The molecule has 160 valence electrons. The van der Waals surface area contributed by atoms with Gasteiger partial charge in [0.2, 0.25) is 17.7 Å². The maximum Gasteiger partial charge on any atom is 0.248 e. The number of ether oxygens (including phenoxy) is 1. The van der Waals surface area contributed by atoms with Crippen molar-refractivity contribution in [1.29, 1.82) is 0 Å². The van der Waals surface area contributed by atoms with Crippen LogP contribution in [0.3, 0.4) is 0 Å². The number of benzene rings is 1. The minimum Gasteiger partial charge on any atom is -0.480 e. The molecule has 1 aliphatic carbocycles. The lowest BCUT2D eigenvalue weighted by Crippen LogP contribution is -2.49. The van der Waals surface area contributed by atoms with Gasteiger partial charge in [-0.15, -0.1) is 0 Å². The van der Waals surface area contributed by atoms with Crippen LogP contribution in [0.15, 0.2) is 48.8 Å². The molecule has 9 heteroatoms. The minimum absolute atomic E-state index is 0.170. The molecule has 0 saturated heterocycles. The van der Waals surface area contributed by atoms with Crippen molar-refractivity contribution in [3.05, 3.63) is 65.9 Å². The summed E-state index contributed by atoms with van der Waals surface area (Å²) in [6.45, 7) is 0.223. The summed E-state index contributed by atoms with van der Waals surface area (Å²) in [7, 11) is 1.47. The number of nitrogens with one attached hydrogen (secondary N) is 1. The van der Waals surface area contributed by atoms with Crippen molar-refractivity contribution in [2.75, 3.05) is 19.0 Å². The van der Waals surface area contributed by atoms with Gasteiger partial charge in [-0.05, 0) is 42.7 Å². The number of carbonyl (C=O) groups excluding carboxylic acids is 1. The standard InChI is InChI=1S/C22H21F2N5O2/c1-31-20-16(13-4-2-5-14(8-13)19(25)30)11-27-21(29-20)28-12-22(9-15(23)10-22)18-17(24)6-3-7-26-18/h2-8,11,15H,9-10,12H2,1H3,(H2,25,30)(H,27,28,29)/t15-,22-. The van der Waals surface area contributed by atoms with E-state index in [0.717, 1.165) is 0 Å². The number of rotatable bonds is 7. The van der Waals surface area contributed by atoms with Gasteiger partial charge in [0, 0.05) is 29.9 Å². The highest BCUT2D eigenvalue weighted by Crippen LogP contribution is 2.45. The summed E-state index contributed by atoms with van der Waals surface area (Å²) < 4.78 is 33.4. The fourth-order valence-electron chi connectivity index (χ4n) is 3.88. The van der Waals surface area contributed by atoms with Crippen LogP contribution in [-0.4, -0.2) is 40.7 Å². The monoisotopic (exact) mass is 425 g/mol. The van der Waals surface area contributed by atoms with Crippen LogP contribution in [0.5, 0.6) is 5.88 Å². The fraction of sp³-hybridized carbons (Fsp3) is 0.273. The van der Waals surface area contributed by atoms with E-state index in [0.29, 0.717) is 16.7 Å².